The number of hydrogen-bond donors (Lipinski definition) is 1. The van der Waals surface area contributed by atoms with Gasteiger partial charge in [-0.2, -0.15) is 0 Å². The van der Waals surface area contributed by atoms with Crippen LogP contribution in [-0.4, -0.2) is 19.3 Å². The van der Waals surface area contributed by atoms with Gasteiger partial charge < -0.3 is 15.2 Å². The Kier molecular flexibility index (Phi) is 3.74. The fraction of sp³-hybridized carbons (Fsp3) is 0.647. The van der Waals surface area contributed by atoms with E-state index in [1.54, 1.807) is 0 Å². The fourth-order valence-corrected chi connectivity index (χ4v) is 3.91. The summed E-state index contributed by atoms with van der Waals surface area (Å²) in [7, 11) is 1.81. The molecule has 0 aromatic heterocycles. The van der Waals surface area contributed by atoms with Crippen LogP contribution in [0.3, 0.4) is 0 Å². The molecule has 110 valence electrons. The maximum absolute atomic E-state index is 6.65. The number of nitrogens with two attached hydrogens (primary N) is 1. The highest BCUT2D eigenvalue weighted by Crippen LogP contribution is 2.45. The second-order valence-corrected chi connectivity index (χ2v) is 6.38. The molecule has 3 nitrogen and oxygen atoms in total. The van der Waals surface area contributed by atoms with Crippen molar-refractivity contribution in [3.8, 4) is 5.75 Å². The number of benzene rings is 1. The molecule has 1 aliphatic carbocycles. The summed E-state index contributed by atoms with van der Waals surface area (Å²) in [4.78, 5) is 0. The molecule has 0 bridgehead atoms. The highest BCUT2D eigenvalue weighted by atomic mass is 16.5. The van der Waals surface area contributed by atoms with E-state index < -0.39 is 0 Å². The highest BCUT2D eigenvalue weighted by Gasteiger charge is 2.42. The van der Waals surface area contributed by atoms with Crippen molar-refractivity contribution in [2.45, 2.75) is 50.7 Å². The van der Waals surface area contributed by atoms with E-state index in [0.717, 1.165) is 37.2 Å². The Hall–Kier alpha value is -1.06. The van der Waals surface area contributed by atoms with Gasteiger partial charge in [-0.05, 0) is 24.3 Å². The molecule has 1 aromatic rings. The number of rotatable bonds is 3. The minimum absolute atomic E-state index is 0.108. The van der Waals surface area contributed by atoms with E-state index in [-0.39, 0.29) is 11.6 Å². The van der Waals surface area contributed by atoms with Crippen molar-refractivity contribution in [2.75, 3.05) is 13.7 Å². The van der Waals surface area contributed by atoms with Crippen LogP contribution >= 0.6 is 0 Å². The highest BCUT2D eigenvalue weighted by molar-refractivity contribution is 5.46. The van der Waals surface area contributed by atoms with Crippen LogP contribution in [0.1, 0.15) is 49.8 Å². The molecule has 1 saturated carbocycles. The topological polar surface area (TPSA) is 44.5 Å². The molecule has 1 heterocycles. The first-order chi connectivity index (χ1) is 9.66. The Labute approximate surface area is 121 Å². The zero-order valence-electron chi connectivity index (χ0n) is 12.5. The second-order valence-electron chi connectivity index (χ2n) is 6.38. The molecule has 3 atom stereocenters. The van der Waals surface area contributed by atoms with Gasteiger partial charge >= 0.3 is 0 Å². The molecule has 2 aliphatic rings. The summed E-state index contributed by atoms with van der Waals surface area (Å²) in [5.41, 5.74) is 8.81. The minimum Gasteiger partial charge on any atom is -0.493 e. The average Bonchev–Trinajstić information content (AvgIpc) is 2.94. The monoisotopic (exact) mass is 275 g/mol. The lowest BCUT2D eigenvalue weighted by Gasteiger charge is -2.43. The van der Waals surface area contributed by atoms with Gasteiger partial charge in [0.05, 0.1) is 18.2 Å². The van der Waals surface area contributed by atoms with Gasteiger partial charge in [0.15, 0.2) is 0 Å². The maximum Gasteiger partial charge on any atom is 0.127 e. The summed E-state index contributed by atoms with van der Waals surface area (Å²) >= 11 is 0. The number of ether oxygens (including phenoxy) is 2. The van der Waals surface area contributed by atoms with Crippen molar-refractivity contribution >= 4 is 0 Å². The van der Waals surface area contributed by atoms with Gasteiger partial charge in [0.25, 0.3) is 0 Å². The van der Waals surface area contributed by atoms with E-state index in [2.05, 4.69) is 25.1 Å². The standard InChI is InChI=1S/C17H25NO2/c1-12-5-4-9-17(11-12,19-2)16(18)14-7-3-6-13-8-10-20-15(13)14/h3,6-7,12,16H,4-5,8-11,18H2,1-2H3. The molecule has 3 heteroatoms. The van der Waals surface area contributed by atoms with Gasteiger partial charge in [-0.25, -0.2) is 0 Å². The van der Waals surface area contributed by atoms with E-state index in [0.29, 0.717) is 5.92 Å². The number of para-hydroxylation sites is 1. The molecular formula is C17H25NO2. The first-order valence-electron chi connectivity index (χ1n) is 7.71. The summed E-state index contributed by atoms with van der Waals surface area (Å²) in [6, 6.07) is 6.23. The zero-order valence-corrected chi connectivity index (χ0v) is 12.5. The third-order valence-electron chi connectivity index (χ3n) is 5.04. The van der Waals surface area contributed by atoms with Crippen LogP contribution in [0.25, 0.3) is 0 Å². The van der Waals surface area contributed by atoms with Crippen LogP contribution in [0.5, 0.6) is 5.75 Å². The van der Waals surface area contributed by atoms with Crippen LogP contribution in [0.4, 0.5) is 0 Å². The normalized spacial score (nSPS) is 30.6. The van der Waals surface area contributed by atoms with Crippen molar-refractivity contribution in [1.82, 2.24) is 0 Å². The summed E-state index contributed by atoms with van der Waals surface area (Å²) in [5.74, 6) is 1.68. The van der Waals surface area contributed by atoms with E-state index in [1.165, 1.54) is 18.4 Å². The Morgan fingerprint density at radius 3 is 3.05 bits per heavy atom. The van der Waals surface area contributed by atoms with Crippen LogP contribution in [0, 0.1) is 5.92 Å². The van der Waals surface area contributed by atoms with Crippen LogP contribution < -0.4 is 10.5 Å². The smallest absolute Gasteiger partial charge is 0.127 e. The van der Waals surface area contributed by atoms with Crippen molar-refractivity contribution < 1.29 is 9.47 Å². The quantitative estimate of drug-likeness (QED) is 0.921. The Bertz CT molecular complexity index is 488. The van der Waals surface area contributed by atoms with E-state index >= 15 is 0 Å². The van der Waals surface area contributed by atoms with E-state index in [1.807, 2.05) is 7.11 Å². The number of hydrogen-bond acceptors (Lipinski definition) is 3. The molecule has 1 aromatic carbocycles. The number of fused-ring (bicyclic) bond motifs is 1. The molecule has 0 spiro atoms. The third-order valence-corrected chi connectivity index (χ3v) is 5.04. The summed E-state index contributed by atoms with van der Waals surface area (Å²) < 4.78 is 11.8. The van der Waals surface area contributed by atoms with Crippen molar-refractivity contribution in [1.29, 1.82) is 0 Å². The molecule has 3 rings (SSSR count). The summed E-state index contributed by atoms with van der Waals surface area (Å²) in [5, 5.41) is 0. The van der Waals surface area contributed by atoms with Crippen LogP contribution in [0.15, 0.2) is 18.2 Å². The minimum atomic E-state index is -0.237. The molecule has 3 unspecified atom stereocenters. The number of methoxy groups -OCH3 is 1. The van der Waals surface area contributed by atoms with Crippen molar-refractivity contribution in [2.24, 2.45) is 11.7 Å². The van der Waals surface area contributed by atoms with Gasteiger partial charge in [0.1, 0.15) is 5.75 Å². The molecular weight excluding hydrogens is 250 g/mol. The molecule has 20 heavy (non-hydrogen) atoms. The van der Waals surface area contributed by atoms with Gasteiger partial charge in [-0.3, -0.25) is 0 Å². The first kappa shape index (κ1) is 13.9. The molecule has 2 N–H and O–H groups in total. The lowest BCUT2D eigenvalue weighted by atomic mass is 9.73. The summed E-state index contributed by atoms with van der Waals surface area (Å²) in [6.45, 7) is 3.07. The van der Waals surface area contributed by atoms with E-state index in [4.69, 9.17) is 15.2 Å². The van der Waals surface area contributed by atoms with Gasteiger partial charge in [0, 0.05) is 19.1 Å². The molecule has 1 fully saturated rings. The Balaban J connectivity index is 1.95. The maximum atomic E-state index is 6.65. The second kappa shape index (κ2) is 5.38. The van der Waals surface area contributed by atoms with Gasteiger partial charge in [-0.15, -0.1) is 0 Å². The molecule has 0 radical (unpaired) electrons. The summed E-state index contributed by atoms with van der Waals surface area (Å²) in [6.07, 6.45) is 5.54. The van der Waals surface area contributed by atoms with Crippen LogP contribution in [-0.2, 0) is 11.2 Å². The largest absolute Gasteiger partial charge is 0.493 e. The molecule has 1 aliphatic heterocycles. The molecule has 0 saturated heterocycles. The lowest BCUT2D eigenvalue weighted by molar-refractivity contribution is -0.0721. The Morgan fingerprint density at radius 1 is 1.45 bits per heavy atom. The Morgan fingerprint density at radius 2 is 2.30 bits per heavy atom. The first-order valence-corrected chi connectivity index (χ1v) is 7.71. The predicted molar refractivity (Wildman–Crippen MR) is 79.9 cm³/mol. The third kappa shape index (κ3) is 2.23. The zero-order chi connectivity index (χ0) is 14.2. The predicted octanol–water partition coefficient (Wildman–Crippen LogP) is 3.22. The SMILES string of the molecule is COC1(C(N)c2cccc3c2OCC3)CCCC(C)C1. The van der Waals surface area contributed by atoms with Gasteiger partial charge in [-0.1, -0.05) is 38.0 Å². The van der Waals surface area contributed by atoms with Crippen molar-refractivity contribution in [3.05, 3.63) is 29.3 Å². The lowest BCUT2D eigenvalue weighted by Crippen LogP contribution is -2.46. The van der Waals surface area contributed by atoms with E-state index in [9.17, 15) is 0 Å². The fourth-order valence-electron chi connectivity index (χ4n) is 3.91. The average molecular weight is 275 g/mol. The molecule has 0 amide bonds. The van der Waals surface area contributed by atoms with Gasteiger partial charge in [0.2, 0.25) is 0 Å². The van der Waals surface area contributed by atoms with Crippen molar-refractivity contribution in [3.63, 3.8) is 0 Å². The van der Waals surface area contributed by atoms with Crippen LogP contribution in [0.2, 0.25) is 0 Å².